The molecule has 0 aliphatic heterocycles. The average molecular weight is 418 g/mol. The number of hydrogen-bond acceptors (Lipinski definition) is 6. The fraction of sp³-hybridized carbons (Fsp3) is 0.429. The summed E-state index contributed by atoms with van der Waals surface area (Å²) in [5.41, 5.74) is -0.414. The van der Waals surface area contributed by atoms with Gasteiger partial charge in [-0.2, -0.15) is 41.3 Å². The van der Waals surface area contributed by atoms with Crippen LogP contribution in [0.25, 0.3) is 11.5 Å². The van der Waals surface area contributed by atoms with Gasteiger partial charge in [-0.15, -0.1) is 0 Å². The third-order valence-corrected chi connectivity index (χ3v) is 3.21. The van der Waals surface area contributed by atoms with Crippen LogP contribution in [0.4, 0.5) is 38.2 Å². The molecule has 6 nitrogen and oxygen atoms in total. The maximum Gasteiger partial charge on any atom is 0.408 e. The monoisotopic (exact) mass is 417 g/mol. The van der Waals surface area contributed by atoms with Gasteiger partial charge in [-0.1, -0.05) is 17.7 Å². The number of anilines is 2. The topological polar surface area (TPSA) is 75.6 Å². The standard InChI is InChI=1S/C14H13ClF6N6/c1-6(13(16,17)18)22-11-25-10(8-4-3-5-9(15)24-8)26-12(27-11)23-7(2)14(19,20)21/h3-7H,1-2H3,(H2,22,23,25,26,27)/i4D,5D,6D. The molecule has 0 aliphatic rings. The summed E-state index contributed by atoms with van der Waals surface area (Å²) in [6.07, 6.45) is -9.81. The number of alkyl halides is 6. The summed E-state index contributed by atoms with van der Waals surface area (Å²) in [6.45, 7) is 1.17. The summed E-state index contributed by atoms with van der Waals surface area (Å²) < 4.78 is 100. The Balaban J connectivity index is 2.59. The Hall–Kier alpha value is -2.37. The van der Waals surface area contributed by atoms with Gasteiger partial charge in [0.05, 0.1) is 4.11 Å². The number of halogens is 7. The van der Waals surface area contributed by atoms with Crippen LogP contribution in [-0.4, -0.2) is 44.3 Å². The van der Waals surface area contributed by atoms with E-state index in [4.69, 9.17) is 15.7 Å². The minimum Gasteiger partial charge on any atom is -0.343 e. The summed E-state index contributed by atoms with van der Waals surface area (Å²) in [4.78, 5) is 14.4. The van der Waals surface area contributed by atoms with E-state index in [-0.39, 0.29) is 6.04 Å². The molecule has 0 radical (unpaired) electrons. The lowest BCUT2D eigenvalue weighted by Crippen LogP contribution is -2.35. The zero-order valence-corrected chi connectivity index (χ0v) is 14.3. The lowest BCUT2D eigenvalue weighted by Gasteiger charge is -2.20. The second kappa shape index (κ2) is 7.71. The van der Waals surface area contributed by atoms with Crippen LogP contribution in [0.5, 0.6) is 0 Å². The van der Waals surface area contributed by atoms with Crippen molar-refractivity contribution in [2.45, 2.75) is 38.3 Å². The largest absolute Gasteiger partial charge is 0.408 e. The molecule has 2 atom stereocenters. The zero-order valence-electron chi connectivity index (χ0n) is 16.6. The average Bonchev–Trinajstić information content (AvgIpc) is 2.55. The number of nitrogens with one attached hydrogen (secondary N) is 2. The van der Waals surface area contributed by atoms with Crippen molar-refractivity contribution in [1.82, 2.24) is 19.9 Å². The first-order chi connectivity index (χ1) is 13.5. The molecule has 148 valence electrons. The molecule has 2 aromatic heterocycles. The van der Waals surface area contributed by atoms with Gasteiger partial charge in [-0.25, -0.2) is 4.98 Å². The highest BCUT2D eigenvalue weighted by Gasteiger charge is 2.38. The van der Waals surface area contributed by atoms with Crippen LogP contribution in [0.3, 0.4) is 0 Å². The molecular formula is C14H13ClF6N6. The van der Waals surface area contributed by atoms with Crippen molar-refractivity contribution < 1.29 is 30.5 Å². The quantitative estimate of drug-likeness (QED) is 0.557. The van der Waals surface area contributed by atoms with Crippen LogP contribution in [0.1, 0.15) is 18.0 Å². The first kappa shape index (κ1) is 16.8. The van der Waals surface area contributed by atoms with Crippen molar-refractivity contribution in [3.63, 3.8) is 0 Å². The highest BCUT2D eigenvalue weighted by Crippen LogP contribution is 2.26. The van der Waals surface area contributed by atoms with Crippen molar-refractivity contribution in [3.05, 3.63) is 23.3 Å². The summed E-state index contributed by atoms with van der Waals surface area (Å²) in [5, 5.41) is 3.15. The van der Waals surface area contributed by atoms with Gasteiger partial charge in [0, 0.05) is 0 Å². The third kappa shape index (κ3) is 5.81. The Morgan fingerprint density at radius 3 is 2.11 bits per heavy atom. The number of pyridine rings is 1. The molecule has 0 spiro atoms. The van der Waals surface area contributed by atoms with Crippen molar-refractivity contribution >= 4 is 23.5 Å². The first-order valence-electron chi connectivity index (χ1n) is 8.59. The molecule has 27 heavy (non-hydrogen) atoms. The van der Waals surface area contributed by atoms with E-state index in [0.29, 0.717) is 6.92 Å². The molecule has 2 rings (SSSR count). The molecule has 0 aromatic carbocycles. The Labute approximate surface area is 158 Å². The summed E-state index contributed by atoms with van der Waals surface area (Å²) in [7, 11) is 0. The lowest BCUT2D eigenvalue weighted by atomic mass is 10.3. The molecule has 0 bridgehead atoms. The predicted octanol–water partition coefficient (Wildman–Crippen LogP) is 4.31. The van der Waals surface area contributed by atoms with Crippen molar-refractivity contribution in [1.29, 1.82) is 0 Å². The van der Waals surface area contributed by atoms with Crippen LogP contribution < -0.4 is 10.6 Å². The van der Waals surface area contributed by atoms with Crippen molar-refractivity contribution in [3.8, 4) is 11.5 Å². The van der Waals surface area contributed by atoms with Gasteiger partial charge in [-0.05, 0) is 25.9 Å². The SMILES string of the molecule is [2H]c1cc([2H])c(-c2nc(NC(C)C(F)(F)F)nc(NC([2H])(C)C(F)(F)F)n2)nc1Cl. The molecular weight excluding hydrogens is 402 g/mol. The maximum atomic E-state index is 13.0. The van der Waals surface area contributed by atoms with E-state index in [9.17, 15) is 26.3 Å². The van der Waals surface area contributed by atoms with Crippen molar-refractivity contribution in [2.75, 3.05) is 10.6 Å². The fourth-order valence-corrected chi connectivity index (χ4v) is 1.70. The van der Waals surface area contributed by atoms with Gasteiger partial charge < -0.3 is 10.6 Å². The fourth-order valence-electron chi connectivity index (χ4n) is 1.56. The third-order valence-electron chi connectivity index (χ3n) is 3.02. The molecule has 2 N–H and O–H groups in total. The van der Waals surface area contributed by atoms with Crippen LogP contribution in [0.2, 0.25) is 5.15 Å². The van der Waals surface area contributed by atoms with Gasteiger partial charge >= 0.3 is 12.4 Å². The van der Waals surface area contributed by atoms with E-state index in [2.05, 4.69) is 19.9 Å². The normalized spacial score (nSPS) is 17.3. The molecule has 0 saturated heterocycles. The van der Waals surface area contributed by atoms with E-state index in [0.717, 1.165) is 13.0 Å². The minimum absolute atomic E-state index is 0.335. The van der Waals surface area contributed by atoms with E-state index in [1.807, 2.05) is 5.32 Å². The second-order valence-corrected chi connectivity index (χ2v) is 5.50. The van der Waals surface area contributed by atoms with E-state index in [1.54, 1.807) is 5.32 Å². The lowest BCUT2D eigenvalue weighted by molar-refractivity contribution is -0.139. The maximum absolute atomic E-state index is 13.0. The van der Waals surface area contributed by atoms with Crippen LogP contribution in [0, 0.1) is 0 Å². The number of hydrogen-bond donors (Lipinski definition) is 2. The van der Waals surface area contributed by atoms with Crippen LogP contribution >= 0.6 is 11.6 Å². The van der Waals surface area contributed by atoms with Gasteiger partial charge in [0.25, 0.3) is 0 Å². The molecule has 2 unspecified atom stereocenters. The Bertz CT molecular complexity index is 940. The van der Waals surface area contributed by atoms with Crippen LogP contribution in [0.15, 0.2) is 18.2 Å². The summed E-state index contributed by atoms with van der Waals surface area (Å²) in [5.74, 6) is -2.26. The molecule has 2 heterocycles. The highest BCUT2D eigenvalue weighted by molar-refractivity contribution is 6.29. The molecule has 0 saturated carbocycles. The number of nitrogens with zero attached hydrogens (tertiary/aromatic N) is 4. The smallest absolute Gasteiger partial charge is 0.343 e. The van der Waals surface area contributed by atoms with Crippen molar-refractivity contribution in [2.24, 2.45) is 0 Å². The summed E-state index contributed by atoms with van der Waals surface area (Å²) in [6, 6.07) is -5.33. The molecule has 0 aliphatic carbocycles. The van der Waals surface area contributed by atoms with Crippen LogP contribution in [-0.2, 0) is 0 Å². The molecule has 0 fully saturated rings. The van der Waals surface area contributed by atoms with Gasteiger partial charge in [-0.3, -0.25) is 0 Å². The minimum atomic E-state index is -5.08. The first-order valence-corrected chi connectivity index (χ1v) is 7.47. The van der Waals surface area contributed by atoms with Gasteiger partial charge in [0.1, 0.15) is 22.9 Å². The number of rotatable bonds is 5. The Morgan fingerprint density at radius 1 is 0.963 bits per heavy atom. The molecule has 2 aromatic rings. The zero-order chi connectivity index (χ0) is 23.1. The Morgan fingerprint density at radius 2 is 1.56 bits per heavy atom. The Kier molecular flexibility index (Phi) is 4.79. The van der Waals surface area contributed by atoms with Gasteiger partial charge in [0.15, 0.2) is 5.82 Å². The second-order valence-electron chi connectivity index (χ2n) is 5.15. The molecule has 0 amide bonds. The highest BCUT2D eigenvalue weighted by atomic mass is 35.5. The van der Waals surface area contributed by atoms with E-state index < -0.39 is 59.0 Å². The molecule has 13 heteroatoms. The van der Waals surface area contributed by atoms with Gasteiger partial charge in [0.2, 0.25) is 11.9 Å². The predicted molar refractivity (Wildman–Crippen MR) is 86.3 cm³/mol. The summed E-state index contributed by atoms with van der Waals surface area (Å²) >= 11 is 5.71. The van der Waals surface area contributed by atoms with E-state index >= 15 is 0 Å². The number of aromatic nitrogens is 4. The van der Waals surface area contributed by atoms with E-state index in [1.165, 1.54) is 0 Å².